The van der Waals surface area contributed by atoms with Gasteiger partial charge < -0.3 is 10.2 Å². The molecule has 3 rings (SSSR count). The lowest BCUT2D eigenvalue weighted by Gasteiger charge is -2.34. The Morgan fingerprint density at radius 2 is 1.92 bits per heavy atom. The zero-order valence-electron chi connectivity index (χ0n) is 13.3. The maximum atomic E-state index is 9.15. The third-order valence-corrected chi connectivity index (χ3v) is 4.29. The normalized spacial score (nSPS) is 15.1. The number of aromatic nitrogens is 2. The second-order valence-electron chi connectivity index (χ2n) is 5.61. The predicted molar refractivity (Wildman–Crippen MR) is 95.3 cm³/mol. The van der Waals surface area contributed by atoms with Crippen LogP contribution in [0.4, 0.5) is 11.6 Å². The van der Waals surface area contributed by atoms with Crippen LogP contribution < -0.4 is 10.2 Å². The average Bonchev–Trinajstić information content (AvgIpc) is 2.64. The van der Waals surface area contributed by atoms with Gasteiger partial charge in [0.2, 0.25) is 5.95 Å². The molecule has 1 N–H and O–H groups in total. The zero-order chi connectivity index (χ0) is 16.8. The van der Waals surface area contributed by atoms with Crippen LogP contribution in [0.15, 0.2) is 36.7 Å². The first-order valence-electron chi connectivity index (χ1n) is 7.94. The summed E-state index contributed by atoms with van der Waals surface area (Å²) < 4.78 is 0. The number of halogens is 1. The van der Waals surface area contributed by atoms with E-state index >= 15 is 0 Å². The van der Waals surface area contributed by atoms with Gasteiger partial charge in [-0.2, -0.15) is 5.26 Å². The van der Waals surface area contributed by atoms with Crippen LogP contribution in [0.1, 0.15) is 5.56 Å². The van der Waals surface area contributed by atoms with Crippen LogP contribution in [0.5, 0.6) is 0 Å². The number of anilines is 2. The van der Waals surface area contributed by atoms with Crippen molar-refractivity contribution < 1.29 is 0 Å². The summed E-state index contributed by atoms with van der Waals surface area (Å²) in [5.74, 6) is 0.801. The maximum absolute atomic E-state index is 9.15. The second kappa shape index (κ2) is 7.95. The molecular weight excluding hydrogens is 324 g/mol. The molecule has 0 aliphatic carbocycles. The van der Waals surface area contributed by atoms with E-state index < -0.39 is 0 Å². The molecule has 1 aromatic heterocycles. The molecule has 0 unspecified atom stereocenters. The highest BCUT2D eigenvalue weighted by Crippen LogP contribution is 2.19. The van der Waals surface area contributed by atoms with Crippen LogP contribution >= 0.6 is 11.6 Å². The van der Waals surface area contributed by atoms with Gasteiger partial charge in [0, 0.05) is 56.7 Å². The van der Waals surface area contributed by atoms with Gasteiger partial charge in [-0.1, -0.05) is 11.6 Å². The largest absolute Gasteiger partial charge is 0.383 e. The lowest BCUT2D eigenvalue weighted by Crippen LogP contribution is -2.48. The van der Waals surface area contributed by atoms with Crippen LogP contribution in [0.25, 0.3) is 0 Å². The Labute approximate surface area is 146 Å². The highest BCUT2D eigenvalue weighted by molar-refractivity contribution is 6.30. The molecule has 0 saturated carbocycles. The topological polar surface area (TPSA) is 68.1 Å². The summed E-state index contributed by atoms with van der Waals surface area (Å²) in [5, 5.41) is 13.1. The summed E-state index contributed by atoms with van der Waals surface area (Å²) in [6, 6.07) is 9.33. The van der Waals surface area contributed by atoms with Crippen molar-refractivity contribution in [2.45, 2.75) is 0 Å². The van der Waals surface area contributed by atoms with Crippen LogP contribution in [-0.2, 0) is 0 Å². The number of nitriles is 1. The highest BCUT2D eigenvalue weighted by Gasteiger charge is 2.18. The minimum absolute atomic E-state index is 0.577. The minimum Gasteiger partial charge on any atom is -0.383 e. The lowest BCUT2D eigenvalue weighted by atomic mass is 10.2. The van der Waals surface area contributed by atoms with Crippen LogP contribution in [0.2, 0.25) is 5.02 Å². The van der Waals surface area contributed by atoms with E-state index in [-0.39, 0.29) is 0 Å². The van der Waals surface area contributed by atoms with Gasteiger partial charge in [0.1, 0.15) is 6.07 Å². The molecule has 2 heterocycles. The Morgan fingerprint density at radius 3 is 2.62 bits per heavy atom. The van der Waals surface area contributed by atoms with E-state index in [9.17, 15) is 0 Å². The summed E-state index contributed by atoms with van der Waals surface area (Å²) in [6.07, 6.45) is 3.55. The molecule has 0 radical (unpaired) electrons. The minimum atomic E-state index is 0.577. The molecule has 1 aromatic carbocycles. The van der Waals surface area contributed by atoms with Crippen molar-refractivity contribution in [1.82, 2.24) is 14.9 Å². The van der Waals surface area contributed by atoms with Gasteiger partial charge in [0.15, 0.2) is 0 Å². The van der Waals surface area contributed by atoms with Crippen molar-refractivity contribution in [3.63, 3.8) is 0 Å². The standard InChI is InChI=1S/C17H19ClN6/c18-15-2-3-16(14(12-15)13-19)20-6-7-23-8-10-24(11-9-23)17-21-4-1-5-22-17/h1-5,12,20H,6-11H2. The number of nitrogens with zero attached hydrogens (tertiary/aromatic N) is 5. The number of benzene rings is 1. The third kappa shape index (κ3) is 4.13. The maximum Gasteiger partial charge on any atom is 0.225 e. The predicted octanol–water partition coefficient (Wildman–Crippen LogP) is 2.24. The van der Waals surface area contributed by atoms with Crippen LogP contribution in [-0.4, -0.2) is 54.1 Å². The molecule has 1 saturated heterocycles. The summed E-state index contributed by atoms with van der Waals surface area (Å²) in [7, 11) is 0. The number of hydrogen-bond donors (Lipinski definition) is 1. The molecular formula is C17H19ClN6. The molecule has 1 fully saturated rings. The molecule has 1 aliphatic heterocycles. The van der Waals surface area contributed by atoms with Crippen LogP contribution in [0, 0.1) is 11.3 Å². The van der Waals surface area contributed by atoms with Gasteiger partial charge in [-0.05, 0) is 24.3 Å². The molecule has 0 amide bonds. The SMILES string of the molecule is N#Cc1cc(Cl)ccc1NCCN1CCN(c2ncccn2)CC1. The fraction of sp³-hybridized carbons (Fsp3) is 0.353. The first-order valence-corrected chi connectivity index (χ1v) is 8.32. The highest BCUT2D eigenvalue weighted by atomic mass is 35.5. The first kappa shape index (κ1) is 16.5. The number of rotatable bonds is 5. The van der Waals surface area contributed by atoms with Gasteiger partial charge in [-0.3, -0.25) is 4.90 Å². The van der Waals surface area contributed by atoms with Gasteiger partial charge in [-0.15, -0.1) is 0 Å². The summed E-state index contributed by atoms with van der Waals surface area (Å²) in [5.41, 5.74) is 1.41. The second-order valence-corrected chi connectivity index (χ2v) is 6.04. The van der Waals surface area contributed by atoms with E-state index in [4.69, 9.17) is 16.9 Å². The molecule has 2 aromatic rings. The molecule has 0 atom stereocenters. The van der Waals surface area contributed by atoms with Crippen LogP contribution in [0.3, 0.4) is 0 Å². The van der Waals surface area contributed by atoms with E-state index in [0.717, 1.165) is 50.9 Å². The van der Waals surface area contributed by atoms with E-state index in [1.54, 1.807) is 24.5 Å². The number of nitrogens with one attached hydrogen (secondary N) is 1. The van der Waals surface area contributed by atoms with E-state index in [1.807, 2.05) is 12.1 Å². The summed E-state index contributed by atoms with van der Waals surface area (Å²) in [6.45, 7) is 5.52. The number of piperazine rings is 1. The van der Waals surface area contributed by atoms with Crippen molar-refractivity contribution in [2.24, 2.45) is 0 Å². The van der Waals surface area contributed by atoms with E-state index in [0.29, 0.717) is 10.6 Å². The molecule has 124 valence electrons. The first-order chi connectivity index (χ1) is 11.8. The smallest absolute Gasteiger partial charge is 0.225 e. The van der Waals surface area contributed by atoms with E-state index in [1.165, 1.54) is 0 Å². The molecule has 0 spiro atoms. The summed E-state index contributed by atoms with van der Waals surface area (Å²) in [4.78, 5) is 13.2. The van der Waals surface area contributed by atoms with Crippen molar-refractivity contribution in [1.29, 1.82) is 5.26 Å². The van der Waals surface area contributed by atoms with Crippen molar-refractivity contribution in [3.8, 4) is 6.07 Å². The number of hydrogen-bond acceptors (Lipinski definition) is 6. The van der Waals surface area contributed by atoms with Gasteiger partial charge in [-0.25, -0.2) is 9.97 Å². The average molecular weight is 343 g/mol. The Bertz CT molecular complexity index is 707. The monoisotopic (exact) mass is 342 g/mol. The third-order valence-electron chi connectivity index (χ3n) is 4.05. The van der Waals surface area contributed by atoms with Crippen molar-refractivity contribution in [3.05, 3.63) is 47.2 Å². The molecule has 24 heavy (non-hydrogen) atoms. The van der Waals surface area contributed by atoms with E-state index in [2.05, 4.69) is 31.2 Å². The fourth-order valence-electron chi connectivity index (χ4n) is 2.74. The molecule has 7 heteroatoms. The summed E-state index contributed by atoms with van der Waals surface area (Å²) >= 11 is 5.91. The quantitative estimate of drug-likeness (QED) is 0.898. The Morgan fingerprint density at radius 1 is 1.17 bits per heavy atom. The molecule has 1 aliphatic rings. The Balaban J connectivity index is 1.45. The Kier molecular flexibility index (Phi) is 5.47. The van der Waals surface area contributed by atoms with Gasteiger partial charge in [0.05, 0.1) is 11.3 Å². The van der Waals surface area contributed by atoms with Gasteiger partial charge >= 0.3 is 0 Å². The lowest BCUT2D eigenvalue weighted by molar-refractivity contribution is 0.266. The molecule has 0 bridgehead atoms. The van der Waals surface area contributed by atoms with Gasteiger partial charge in [0.25, 0.3) is 0 Å². The fourth-order valence-corrected chi connectivity index (χ4v) is 2.91. The van der Waals surface area contributed by atoms with Crippen molar-refractivity contribution in [2.75, 3.05) is 49.5 Å². The van der Waals surface area contributed by atoms with Crippen molar-refractivity contribution >= 4 is 23.2 Å². The zero-order valence-corrected chi connectivity index (χ0v) is 14.1. The Hall–Kier alpha value is -2.36. The molecule has 6 nitrogen and oxygen atoms in total.